The molecule has 2 aliphatic rings. The number of hydrogen-bond acceptors (Lipinski definition) is 2. The lowest BCUT2D eigenvalue weighted by atomic mass is 10.0. The largest absolute Gasteiger partial charge is 0.330 e. The van der Waals surface area contributed by atoms with Gasteiger partial charge in [0.15, 0.2) is 0 Å². The van der Waals surface area contributed by atoms with Gasteiger partial charge in [0.05, 0.1) is 0 Å². The summed E-state index contributed by atoms with van der Waals surface area (Å²) in [6, 6.07) is 0.923. The molecule has 2 nitrogen and oxygen atoms in total. The zero-order valence-electron chi connectivity index (χ0n) is 9.25. The highest BCUT2D eigenvalue weighted by Gasteiger charge is 2.24. The molecule has 1 saturated heterocycles. The molecular weight excluding hydrogens is 172 g/mol. The van der Waals surface area contributed by atoms with Gasteiger partial charge in [-0.25, -0.2) is 0 Å². The van der Waals surface area contributed by atoms with Crippen LogP contribution in [-0.2, 0) is 0 Å². The van der Waals surface area contributed by atoms with Crippen molar-refractivity contribution in [1.82, 2.24) is 4.90 Å². The number of nitrogens with zero attached hydrogens (tertiary/aromatic N) is 1. The monoisotopic (exact) mass is 196 g/mol. The SMILES string of the molecule is NCC1CCCN(C2CCCC2)CC1. The van der Waals surface area contributed by atoms with Crippen molar-refractivity contribution in [3.8, 4) is 0 Å². The number of nitrogens with two attached hydrogens (primary N) is 1. The smallest absolute Gasteiger partial charge is 0.00952 e. The van der Waals surface area contributed by atoms with E-state index in [2.05, 4.69) is 4.90 Å². The first-order valence-corrected chi connectivity index (χ1v) is 6.34. The molecule has 2 fully saturated rings. The van der Waals surface area contributed by atoms with E-state index in [1.807, 2.05) is 0 Å². The van der Waals surface area contributed by atoms with E-state index in [4.69, 9.17) is 5.73 Å². The zero-order chi connectivity index (χ0) is 9.80. The fourth-order valence-electron chi connectivity index (χ4n) is 3.06. The molecule has 1 aliphatic carbocycles. The minimum Gasteiger partial charge on any atom is -0.330 e. The van der Waals surface area contributed by atoms with Gasteiger partial charge in [-0.15, -0.1) is 0 Å². The second-order valence-corrected chi connectivity index (χ2v) is 5.01. The summed E-state index contributed by atoms with van der Waals surface area (Å²) in [5, 5.41) is 0. The predicted octanol–water partition coefficient (Wildman–Crippen LogP) is 1.99. The molecule has 0 radical (unpaired) electrons. The normalized spacial score (nSPS) is 31.9. The minimum atomic E-state index is 0.807. The van der Waals surface area contributed by atoms with Crippen LogP contribution < -0.4 is 5.73 Å². The Morgan fingerprint density at radius 3 is 2.43 bits per heavy atom. The van der Waals surface area contributed by atoms with E-state index >= 15 is 0 Å². The molecular formula is C12H24N2. The summed E-state index contributed by atoms with van der Waals surface area (Å²) in [5.74, 6) is 0.807. The first-order chi connectivity index (χ1) is 6.90. The van der Waals surface area contributed by atoms with Crippen LogP contribution in [0.4, 0.5) is 0 Å². The molecule has 0 spiro atoms. The number of rotatable bonds is 2. The van der Waals surface area contributed by atoms with Gasteiger partial charge in [-0.3, -0.25) is 0 Å². The fourth-order valence-corrected chi connectivity index (χ4v) is 3.06. The Morgan fingerprint density at radius 2 is 1.71 bits per heavy atom. The minimum absolute atomic E-state index is 0.807. The van der Waals surface area contributed by atoms with Crippen molar-refractivity contribution in [2.24, 2.45) is 11.7 Å². The fraction of sp³-hybridized carbons (Fsp3) is 1.00. The summed E-state index contributed by atoms with van der Waals surface area (Å²) < 4.78 is 0. The molecule has 0 aromatic heterocycles. The van der Waals surface area contributed by atoms with E-state index in [-0.39, 0.29) is 0 Å². The summed E-state index contributed by atoms with van der Waals surface area (Å²) in [5.41, 5.74) is 5.75. The molecule has 14 heavy (non-hydrogen) atoms. The van der Waals surface area contributed by atoms with Crippen molar-refractivity contribution < 1.29 is 0 Å². The molecule has 0 aromatic rings. The maximum Gasteiger partial charge on any atom is 0.00952 e. The first kappa shape index (κ1) is 10.4. The molecule has 82 valence electrons. The van der Waals surface area contributed by atoms with Gasteiger partial charge in [-0.1, -0.05) is 12.8 Å². The molecule has 1 heterocycles. The molecule has 0 aromatic carbocycles. The van der Waals surface area contributed by atoms with Crippen LogP contribution in [0.3, 0.4) is 0 Å². The number of likely N-dealkylation sites (tertiary alicyclic amines) is 1. The molecule has 1 atom stereocenters. The van der Waals surface area contributed by atoms with E-state index in [0.29, 0.717) is 0 Å². The Balaban J connectivity index is 1.82. The highest BCUT2D eigenvalue weighted by Crippen LogP contribution is 2.26. The summed E-state index contributed by atoms with van der Waals surface area (Å²) in [6.07, 6.45) is 9.90. The lowest BCUT2D eigenvalue weighted by molar-refractivity contribution is 0.204. The molecule has 2 heteroatoms. The molecule has 2 rings (SSSR count). The van der Waals surface area contributed by atoms with Crippen LogP contribution in [0, 0.1) is 5.92 Å². The summed E-state index contributed by atoms with van der Waals surface area (Å²) in [4.78, 5) is 2.74. The average molecular weight is 196 g/mol. The summed E-state index contributed by atoms with van der Waals surface area (Å²) in [6.45, 7) is 3.55. The van der Waals surface area contributed by atoms with Gasteiger partial charge < -0.3 is 10.6 Å². The van der Waals surface area contributed by atoms with Gasteiger partial charge in [0, 0.05) is 6.04 Å². The molecule has 1 aliphatic heterocycles. The highest BCUT2D eigenvalue weighted by atomic mass is 15.2. The third kappa shape index (κ3) is 2.48. The maximum atomic E-state index is 5.75. The second-order valence-electron chi connectivity index (χ2n) is 5.01. The van der Waals surface area contributed by atoms with Crippen molar-refractivity contribution in [3.63, 3.8) is 0 Å². The van der Waals surface area contributed by atoms with Crippen LogP contribution in [0.5, 0.6) is 0 Å². The quantitative estimate of drug-likeness (QED) is 0.732. The Labute approximate surface area is 87.8 Å². The summed E-state index contributed by atoms with van der Waals surface area (Å²) >= 11 is 0. The van der Waals surface area contributed by atoms with Crippen LogP contribution in [-0.4, -0.2) is 30.6 Å². The topological polar surface area (TPSA) is 29.3 Å². The molecule has 0 bridgehead atoms. The van der Waals surface area contributed by atoms with Crippen LogP contribution >= 0.6 is 0 Å². The van der Waals surface area contributed by atoms with Gasteiger partial charge >= 0.3 is 0 Å². The Bertz CT molecular complexity index is 164. The van der Waals surface area contributed by atoms with Crippen LogP contribution in [0.2, 0.25) is 0 Å². The predicted molar refractivity (Wildman–Crippen MR) is 60.2 cm³/mol. The van der Waals surface area contributed by atoms with Crippen molar-refractivity contribution in [2.45, 2.75) is 51.0 Å². The lowest BCUT2D eigenvalue weighted by Crippen LogP contribution is -2.34. The Kier molecular flexibility index (Phi) is 3.82. The van der Waals surface area contributed by atoms with Crippen LogP contribution in [0.25, 0.3) is 0 Å². The van der Waals surface area contributed by atoms with E-state index in [0.717, 1.165) is 18.5 Å². The first-order valence-electron chi connectivity index (χ1n) is 6.34. The van der Waals surface area contributed by atoms with E-state index in [1.165, 1.54) is 58.0 Å². The van der Waals surface area contributed by atoms with E-state index in [1.54, 1.807) is 0 Å². The lowest BCUT2D eigenvalue weighted by Gasteiger charge is -2.27. The van der Waals surface area contributed by atoms with Crippen molar-refractivity contribution in [2.75, 3.05) is 19.6 Å². The van der Waals surface area contributed by atoms with Crippen LogP contribution in [0.15, 0.2) is 0 Å². The van der Waals surface area contributed by atoms with Gasteiger partial charge in [0.25, 0.3) is 0 Å². The van der Waals surface area contributed by atoms with E-state index in [9.17, 15) is 0 Å². The van der Waals surface area contributed by atoms with Crippen molar-refractivity contribution in [1.29, 1.82) is 0 Å². The third-order valence-corrected chi connectivity index (χ3v) is 4.06. The molecule has 1 unspecified atom stereocenters. The summed E-state index contributed by atoms with van der Waals surface area (Å²) in [7, 11) is 0. The standard InChI is InChI=1S/C12H24N2/c13-10-11-4-3-8-14(9-7-11)12-5-1-2-6-12/h11-12H,1-10,13H2. The van der Waals surface area contributed by atoms with Gasteiger partial charge in [0.1, 0.15) is 0 Å². The zero-order valence-corrected chi connectivity index (χ0v) is 9.25. The molecule has 2 N–H and O–H groups in total. The highest BCUT2D eigenvalue weighted by molar-refractivity contribution is 4.80. The average Bonchev–Trinajstić information content (AvgIpc) is 2.63. The maximum absolute atomic E-state index is 5.75. The van der Waals surface area contributed by atoms with Crippen molar-refractivity contribution >= 4 is 0 Å². The van der Waals surface area contributed by atoms with Crippen molar-refractivity contribution in [3.05, 3.63) is 0 Å². The van der Waals surface area contributed by atoms with Gasteiger partial charge in [0.2, 0.25) is 0 Å². The second kappa shape index (κ2) is 5.13. The Morgan fingerprint density at radius 1 is 0.929 bits per heavy atom. The number of hydrogen-bond donors (Lipinski definition) is 1. The van der Waals surface area contributed by atoms with Gasteiger partial charge in [-0.05, 0) is 57.7 Å². The third-order valence-electron chi connectivity index (χ3n) is 4.06. The van der Waals surface area contributed by atoms with Gasteiger partial charge in [-0.2, -0.15) is 0 Å². The molecule has 1 saturated carbocycles. The molecule has 0 amide bonds. The van der Waals surface area contributed by atoms with Crippen LogP contribution in [0.1, 0.15) is 44.9 Å². The Hall–Kier alpha value is -0.0800. The van der Waals surface area contributed by atoms with E-state index < -0.39 is 0 Å².